The van der Waals surface area contributed by atoms with Gasteiger partial charge in [-0.05, 0) is 29.2 Å². The number of esters is 1. The van der Waals surface area contributed by atoms with E-state index in [1.165, 1.54) is 0 Å². The van der Waals surface area contributed by atoms with Crippen LogP contribution < -0.4 is 5.63 Å². The van der Waals surface area contributed by atoms with Gasteiger partial charge in [0.1, 0.15) is 17.8 Å². The van der Waals surface area contributed by atoms with Crippen LogP contribution in [-0.2, 0) is 17.8 Å². The number of hydrogen-bond donors (Lipinski definition) is 0. The molecule has 0 aliphatic rings. The SMILES string of the molecule is C=C[C@H](Cc1c(C(=O)OCc2ccccc2)c(=O)oc2ccccc12)c1ccccc1. The molecule has 4 aromatic rings. The van der Waals surface area contributed by atoms with E-state index in [2.05, 4.69) is 6.58 Å². The van der Waals surface area contributed by atoms with Crippen LogP contribution >= 0.6 is 0 Å². The van der Waals surface area contributed by atoms with Crippen molar-refractivity contribution in [2.75, 3.05) is 0 Å². The Labute approximate surface area is 180 Å². The average Bonchev–Trinajstić information content (AvgIpc) is 2.82. The Morgan fingerprint density at radius 1 is 0.935 bits per heavy atom. The topological polar surface area (TPSA) is 56.5 Å². The molecule has 154 valence electrons. The van der Waals surface area contributed by atoms with Gasteiger partial charge in [0.05, 0.1) is 0 Å². The van der Waals surface area contributed by atoms with Crippen molar-refractivity contribution in [1.82, 2.24) is 0 Å². The van der Waals surface area contributed by atoms with Gasteiger partial charge in [0.15, 0.2) is 0 Å². The quantitative estimate of drug-likeness (QED) is 0.224. The van der Waals surface area contributed by atoms with Gasteiger partial charge in [-0.2, -0.15) is 0 Å². The third-order valence-corrected chi connectivity index (χ3v) is 5.27. The second-order valence-electron chi connectivity index (χ2n) is 7.26. The highest BCUT2D eigenvalue weighted by Crippen LogP contribution is 2.28. The summed E-state index contributed by atoms with van der Waals surface area (Å²) >= 11 is 0. The summed E-state index contributed by atoms with van der Waals surface area (Å²) in [7, 11) is 0. The van der Waals surface area contributed by atoms with Crippen LogP contribution in [0.15, 0.2) is 107 Å². The summed E-state index contributed by atoms with van der Waals surface area (Å²) in [5, 5.41) is 0.719. The zero-order valence-corrected chi connectivity index (χ0v) is 17.0. The minimum atomic E-state index is -0.692. The van der Waals surface area contributed by atoms with Crippen LogP contribution in [0.4, 0.5) is 0 Å². The highest BCUT2D eigenvalue weighted by molar-refractivity contribution is 5.96. The van der Waals surface area contributed by atoms with Crippen molar-refractivity contribution in [2.45, 2.75) is 18.9 Å². The average molecular weight is 410 g/mol. The van der Waals surface area contributed by atoms with E-state index in [0.717, 1.165) is 16.5 Å². The van der Waals surface area contributed by atoms with Crippen LogP contribution in [0.1, 0.15) is 33.0 Å². The maximum absolute atomic E-state index is 13.0. The lowest BCUT2D eigenvalue weighted by Gasteiger charge is -2.17. The van der Waals surface area contributed by atoms with E-state index in [0.29, 0.717) is 17.6 Å². The first-order chi connectivity index (χ1) is 15.2. The molecule has 0 amide bonds. The van der Waals surface area contributed by atoms with Gasteiger partial charge >= 0.3 is 11.6 Å². The zero-order chi connectivity index (χ0) is 21.6. The molecule has 31 heavy (non-hydrogen) atoms. The predicted octanol–water partition coefficient (Wildman–Crippen LogP) is 5.66. The summed E-state index contributed by atoms with van der Waals surface area (Å²) in [5.41, 5.74) is 2.20. The fourth-order valence-electron chi connectivity index (χ4n) is 3.68. The highest BCUT2D eigenvalue weighted by atomic mass is 16.5. The molecule has 0 saturated heterocycles. The molecule has 0 spiro atoms. The van der Waals surface area contributed by atoms with E-state index in [4.69, 9.17) is 9.15 Å². The van der Waals surface area contributed by atoms with Crippen molar-refractivity contribution in [2.24, 2.45) is 0 Å². The molecule has 1 heterocycles. The van der Waals surface area contributed by atoms with Crippen molar-refractivity contribution in [3.63, 3.8) is 0 Å². The Morgan fingerprint density at radius 2 is 1.58 bits per heavy atom. The molecule has 4 rings (SSSR count). The first kappa shape index (κ1) is 20.4. The lowest BCUT2D eigenvalue weighted by Crippen LogP contribution is -2.21. The Kier molecular flexibility index (Phi) is 6.08. The van der Waals surface area contributed by atoms with Gasteiger partial charge in [-0.15, -0.1) is 6.58 Å². The molecule has 0 radical (unpaired) electrons. The van der Waals surface area contributed by atoms with Crippen molar-refractivity contribution in [3.8, 4) is 0 Å². The van der Waals surface area contributed by atoms with Gasteiger partial charge in [0.25, 0.3) is 0 Å². The smallest absolute Gasteiger partial charge is 0.351 e. The maximum atomic E-state index is 13.0. The Morgan fingerprint density at radius 3 is 2.29 bits per heavy atom. The number of rotatable bonds is 7. The number of carbonyl (C=O) groups excluding carboxylic acids is 1. The van der Waals surface area contributed by atoms with Crippen molar-refractivity contribution in [1.29, 1.82) is 0 Å². The molecular weight excluding hydrogens is 388 g/mol. The normalized spacial score (nSPS) is 11.7. The second-order valence-corrected chi connectivity index (χ2v) is 7.26. The minimum Gasteiger partial charge on any atom is -0.457 e. The van der Waals surface area contributed by atoms with Crippen LogP contribution in [0.5, 0.6) is 0 Å². The van der Waals surface area contributed by atoms with Gasteiger partial charge in [-0.25, -0.2) is 9.59 Å². The van der Waals surface area contributed by atoms with Gasteiger partial charge < -0.3 is 9.15 Å². The van der Waals surface area contributed by atoms with E-state index in [-0.39, 0.29) is 18.1 Å². The lowest BCUT2D eigenvalue weighted by atomic mass is 9.89. The molecular formula is C27H22O4. The Bertz CT molecular complexity index is 1260. The number of fused-ring (bicyclic) bond motifs is 1. The van der Waals surface area contributed by atoms with E-state index in [1.54, 1.807) is 12.1 Å². The summed E-state index contributed by atoms with van der Waals surface area (Å²) in [6.07, 6.45) is 2.26. The molecule has 4 heteroatoms. The van der Waals surface area contributed by atoms with Gasteiger partial charge in [-0.1, -0.05) is 84.9 Å². The Hall–Kier alpha value is -3.92. The van der Waals surface area contributed by atoms with Crippen LogP contribution in [0.2, 0.25) is 0 Å². The minimum absolute atomic E-state index is 0.0580. The number of benzene rings is 3. The van der Waals surface area contributed by atoms with E-state index in [9.17, 15) is 9.59 Å². The number of allylic oxidation sites excluding steroid dienone is 1. The molecule has 0 N–H and O–H groups in total. The summed E-state index contributed by atoms with van der Waals surface area (Å²) in [6, 6.07) is 26.5. The summed E-state index contributed by atoms with van der Waals surface area (Å²) in [5.74, 6) is -0.763. The fourth-order valence-corrected chi connectivity index (χ4v) is 3.68. The Balaban J connectivity index is 1.75. The van der Waals surface area contributed by atoms with Crippen LogP contribution in [0.25, 0.3) is 11.0 Å². The van der Waals surface area contributed by atoms with Gasteiger partial charge in [-0.3, -0.25) is 0 Å². The van der Waals surface area contributed by atoms with Crippen LogP contribution in [0, 0.1) is 0 Å². The monoisotopic (exact) mass is 410 g/mol. The zero-order valence-electron chi connectivity index (χ0n) is 17.0. The number of hydrogen-bond acceptors (Lipinski definition) is 4. The van der Waals surface area contributed by atoms with Gasteiger partial charge in [0.2, 0.25) is 0 Å². The lowest BCUT2D eigenvalue weighted by molar-refractivity contribution is 0.0466. The molecule has 1 atom stereocenters. The molecule has 0 fully saturated rings. The molecule has 0 aliphatic heterocycles. The maximum Gasteiger partial charge on any atom is 0.351 e. The van der Waals surface area contributed by atoms with Crippen molar-refractivity contribution >= 4 is 16.9 Å². The van der Waals surface area contributed by atoms with Crippen molar-refractivity contribution in [3.05, 3.63) is 130 Å². The largest absolute Gasteiger partial charge is 0.457 e. The molecule has 0 aliphatic carbocycles. The molecule has 4 nitrogen and oxygen atoms in total. The molecule has 0 bridgehead atoms. The first-order valence-corrected chi connectivity index (χ1v) is 10.1. The van der Waals surface area contributed by atoms with Crippen molar-refractivity contribution < 1.29 is 13.9 Å². The predicted molar refractivity (Wildman–Crippen MR) is 121 cm³/mol. The summed E-state index contributed by atoms with van der Waals surface area (Å²) in [6.45, 7) is 4.05. The van der Waals surface area contributed by atoms with Crippen LogP contribution in [-0.4, -0.2) is 5.97 Å². The van der Waals surface area contributed by atoms with E-state index < -0.39 is 11.6 Å². The third-order valence-electron chi connectivity index (χ3n) is 5.27. The molecule has 0 unspecified atom stereocenters. The summed E-state index contributed by atoms with van der Waals surface area (Å²) in [4.78, 5) is 25.8. The third kappa shape index (κ3) is 4.48. The first-order valence-electron chi connectivity index (χ1n) is 10.1. The van der Waals surface area contributed by atoms with Crippen LogP contribution in [0.3, 0.4) is 0 Å². The highest BCUT2D eigenvalue weighted by Gasteiger charge is 2.24. The summed E-state index contributed by atoms with van der Waals surface area (Å²) < 4.78 is 10.9. The fraction of sp³-hybridized carbons (Fsp3) is 0.111. The second kappa shape index (κ2) is 9.26. The van der Waals surface area contributed by atoms with Gasteiger partial charge in [0, 0.05) is 11.3 Å². The number of carbonyl (C=O) groups is 1. The van der Waals surface area contributed by atoms with E-state index in [1.807, 2.05) is 78.9 Å². The molecule has 0 saturated carbocycles. The molecule has 3 aromatic carbocycles. The van der Waals surface area contributed by atoms with E-state index >= 15 is 0 Å². The molecule has 1 aromatic heterocycles. The number of ether oxygens (including phenoxy) is 1. The standard InChI is InChI=1S/C27H22O4/c1-2-20(21-13-7-4-8-14-21)17-23-22-15-9-10-16-24(22)31-27(29)25(23)26(28)30-18-19-11-5-3-6-12-19/h2-16,20H,1,17-18H2/t20-/m1/s1. The number of para-hydroxylation sites is 1.